The quantitative estimate of drug-likeness (QED) is 0.704. The molecule has 26 heavy (non-hydrogen) atoms. The van der Waals surface area contributed by atoms with Gasteiger partial charge in [-0.2, -0.15) is 8.42 Å². The first-order chi connectivity index (χ1) is 12.3. The highest BCUT2D eigenvalue weighted by molar-refractivity contribution is 7.85. The van der Waals surface area contributed by atoms with Crippen LogP contribution in [0.4, 0.5) is 10.5 Å². The number of ether oxygens (including phenoxy) is 1. The highest BCUT2D eigenvalue weighted by Gasteiger charge is 2.14. The Hall–Kier alpha value is -2.90. The predicted molar refractivity (Wildman–Crippen MR) is 98.8 cm³/mol. The topological polar surface area (TPSA) is 83.9 Å². The van der Waals surface area contributed by atoms with Gasteiger partial charge in [-0.1, -0.05) is 42.5 Å². The minimum absolute atomic E-state index is 0.157. The number of carbonyl (C=O) groups is 1. The maximum absolute atomic E-state index is 12.2. The van der Waals surface area contributed by atoms with E-state index in [2.05, 4.69) is 0 Å². The van der Waals surface area contributed by atoms with Crippen LogP contribution in [0.5, 0.6) is 0 Å². The number of fused-ring (bicyclic) bond motifs is 1. The van der Waals surface area contributed by atoms with Crippen molar-refractivity contribution in [3.05, 3.63) is 72.3 Å². The first kappa shape index (κ1) is 17.9. The Morgan fingerprint density at radius 2 is 1.69 bits per heavy atom. The minimum Gasteiger partial charge on any atom is -0.444 e. The molecule has 7 heteroatoms. The number of nitrogens with zero attached hydrogens (tertiary/aromatic N) is 1. The van der Waals surface area contributed by atoms with Gasteiger partial charge in [0.15, 0.2) is 0 Å². The smallest absolute Gasteiger partial charge is 0.414 e. The lowest BCUT2D eigenvalue weighted by Crippen LogP contribution is -2.26. The lowest BCUT2D eigenvalue weighted by Gasteiger charge is -2.18. The SMILES string of the molecule is CN(C(=O)OCc1ccccc1)c1ccc2ccc(S(=O)(=O)O)cc2c1. The predicted octanol–water partition coefficient (Wildman–Crippen LogP) is 3.86. The molecule has 0 atom stereocenters. The van der Waals surface area contributed by atoms with E-state index in [1.54, 1.807) is 31.3 Å². The molecule has 0 saturated carbocycles. The van der Waals surface area contributed by atoms with Crippen molar-refractivity contribution in [3.8, 4) is 0 Å². The molecule has 3 rings (SSSR count). The molecule has 0 spiro atoms. The molecular weight excluding hydrogens is 354 g/mol. The Bertz CT molecular complexity index is 1050. The zero-order chi connectivity index (χ0) is 18.7. The summed E-state index contributed by atoms with van der Waals surface area (Å²) in [6.45, 7) is 0.157. The summed E-state index contributed by atoms with van der Waals surface area (Å²) in [5, 5.41) is 1.37. The lowest BCUT2D eigenvalue weighted by molar-refractivity contribution is 0.148. The van der Waals surface area contributed by atoms with Crippen LogP contribution in [-0.4, -0.2) is 26.1 Å². The Balaban J connectivity index is 1.81. The number of hydrogen-bond acceptors (Lipinski definition) is 4. The lowest BCUT2D eigenvalue weighted by atomic mass is 10.1. The van der Waals surface area contributed by atoms with Crippen molar-refractivity contribution in [2.45, 2.75) is 11.5 Å². The van der Waals surface area contributed by atoms with Crippen molar-refractivity contribution in [1.82, 2.24) is 0 Å². The number of benzene rings is 3. The van der Waals surface area contributed by atoms with Crippen LogP contribution in [0.3, 0.4) is 0 Å². The summed E-state index contributed by atoms with van der Waals surface area (Å²) in [6, 6.07) is 18.8. The Labute approximate surface area is 151 Å². The fourth-order valence-corrected chi connectivity index (χ4v) is 3.02. The van der Waals surface area contributed by atoms with E-state index < -0.39 is 16.2 Å². The maximum Gasteiger partial charge on any atom is 0.414 e. The van der Waals surface area contributed by atoms with Crippen LogP contribution in [0.2, 0.25) is 0 Å². The van der Waals surface area contributed by atoms with E-state index in [0.29, 0.717) is 11.1 Å². The molecule has 3 aromatic rings. The van der Waals surface area contributed by atoms with Crippen LogP contribution in [0, 0.1) is 0 Å². The van der Waals surface area contributed by atoms with E-state index in [9.17, 15) is 17.8 Å². The molecule has 1 amide bonds. The third-order valence-corrected chi connectivity index (χ3v) is 4.81. The standard InChI is InChI=1S/C19H17NO5S/c1-20(19(21)25-13-14-5-3-2-4-6-14)17-9-7-15-8-10-18(26(22,23)24)12-16(15)11-17/h2-12H,13H2,1H3,(H,22,23,24). The highest BCUT2D eigenvalue weighted by Crippen LogP contribution is 2.24. The summed E-state index contributed by atoms with van der Waals surface area (Å²) in [5.74, 6) is 0. The summed E-state index contributed by atoms with van der Waals surface area (Å²) < 4.78 is 37.1. The number of hydrogen-bond donors (Lipinski definition) is 1. The van der Waals surface area contributed by atoms with E-state index in [0.717, 1.165) is 10.9 Å². The number of carbonyl (C=O) groups excluding carboxylic acids is 1. The van der Waals surface area contributed by atoms with Crippen LogP contribution in [0.15, 0.2) is 71.6 Å². The Morgan fingerprint density at radius 3 is 2.38 bits per heavy atom. The van der Waals surface area contributed by atoms with E-state index in [-0.39, 0.29) is 11.5 Å². The summed E-state index contributed by atoms with van der Waals surface area (Å²) in [4.78, 5) is 13.4. The zero-order valence-corrected chi connectivity index (χ0v) is 14.8. The van der Waals surface area contributed by atoms with Crippen LogP contribution in [0.25, 0.3) is 10.8 Å². The monoisotopic (exact) mass is 371 g/mol. The fraction of sp³-hybridized carbons (Fsp3) is 0.105. The summed E-state index contributed by atoms with van der Waals surface area (Å²) >= 11 is 0. The van der Waals surface area contributed by atoms with Crippen molar-refractivity contribution in [2.75, 3.05) is 11.9 Å². The molecule has 0 saturated heterocycles. The molecule has 0 heterocycles. The average Bonchev–Trinajstić information content (AvgIpc) is 2.64. The van der Waals surface area contributed by atoms with Crippen molar-refractivity contribution < 1.29 is 22.5 Å². The van der Waals surface area contributed by atoms with Gasteiger partial charge in [-0.15, -0.1) is 0 Å². The van der Waals surface area contributed by atoms with E-state index >= 15 is 0 Å². The number of anilines is 1. The first-order valence-electron chi connectivity index (χ1n) is 7.80. The minimum atomic E-state index is -4.29. The normalized spacial score (nSPS) is 11.3. The van der Waals surface area contributed by atoms with Gasteiger partial charge in [0.2, 0.25) is 0 Å². The molecule has 0 aliphatic heterocycles. The largest absolute Gasteiger partial charge is 0.444 e. The Morgan fingerprint density at radius 1 is 1.00 bits per heavy atom. The summed E-state index contributed by atoms with van der Waals surface area (Å²) in [7, 11) is -2.72. The van der Waals surface area contributed by atoms with Crippen molar-refractivity contribution >= 4 is 32.7 Å². The van der Waals surface area contributed by atoms with E-state index in [1.165, 1.54) is 17.0 Å². The molecule has 0 aliphatic carbocycles. The molecule has 0 aromatic heterocycles. The second-order valence-electron chi connectivity index (χ2n) is 5.77. The van der Waals surface area contributed by atoms with Gasteiger partial charge in [0.1, 0.15) is 6.61 Å². The summed E-state index contributed by atoms with van der Waals surface area (Å²) in [5.41, 5.74) is 1.42. The second kappa shape index (κ2) is 7.15. The maximum atomic E-state index is 12.2. The molecule has 134 valence electrons. The zero-order valence-electron chi connectivity index (χ0n) is 14.0. The van der Waals surface area contributed by atoms with Gasteiger partial charge in [0.25, 0.3) is 10.1 Å². The molecule has 1 N–H and O–H groups in total. The van der Waals surface area contributed by atoms with Crippen LogP contribution in [-0.2, 0) is 21.5 Å². The van der Waals surface area contributed by atoms with Crippen molar-refractivity contribution in [2.24, 2.45) is 0 Å². The molecule has 0 unspecified atom stereocenters. The van der Waals surface area contributed by atoms with Gasteiger partial charge in [-0.3, -0.25) is 9.45 Å². The van der Waals surface area contributed by atoms with Gasteiger partial charge in [0, 0.05) is 12.7 Å². The third kappa shape index (κ3) is 4.01. The second-order valence-corrected chi connectivity index (χ2v) is 7.19. The van der Waals surface area contributed by atoms with E-state index in [4.69, 9.17) is 4.74 Å². The van der Waals surface area contributed by atoms with E-state index in [1.807, 2.05) is 30.3 Å². The van der Waals surface area contributed by atoms with Crippen molar-refractivity contribution in [3.63, 3.8) is 0 Å². The molecule has 3 aromatic carbocycles. The summed E-state index contributed by atoms with van der Waals surface area (Å²) in [6.07, 6.45) is -0.529. The van der Waals surface area contributed by atoms with Crippen LogP contribution in [0.1, 0.15) is 5.56 Å². The van der Waals surface area contributed by atoms with Crippen LogP contribution >= 0.6 is 0 Å². The van der Waals surface area contributed by atoms with Crippen molar-refractivity contribution in [1.29, 1.82) is 0 Å². The molecule has 0 fully saturated rings. The molecule has 0 radical (unpaired) electrons. The number of rotatable bonds is 4. The van der Waals surface area contributed by atoms with Crippen LogP contribution < -0.4 is 4.90 Å². The van der Waals surface area contributed by atoms with Gasteiger partial charge in [0.05, 0.1) is 4.90 Å². The number of amides is 1. The fourth-order valence-electron chi connectivity index (χ4n) is 2.50. The average molecular weight is 371 g/mol. The van der Waals surface area contributed by atoms with Gasteiger partial charge in [-0.25, -0.2) is 4.79 Å². The molecule has 0 bridgehead atoms. The Kier molecular flexibility index (Phi) is 4.92. The van der Waals surface area contributed by atoms with Gasteiger partial charge < -0.3 is 4.74 Å². The third-order valence-electron chi connectivity index (χ3n) is 3.96. The first-order valence-corrected chi connectivity index (χ1v) is 9.24. The van der Waals surface area contributed by atoms with Gasteiger partial charge >= 0.3 is 6.09 Å². The molecular formula is C19H17NO5S. The van der Waals surface area contributed by atoms with Gasteiger partial charge in [-0.05, 0) is 40.6 Å². The highest BCUT2D eigenvalue weighted by atomic mass is 32.2. The molecule has 6 nitrogen and oxygen atoms in total. The molecule has 0 aliphatic rings.